The Morgan fingerprint density at radius 3 is 2.85 bits per heavy atom. The third-order valence-electron chi connectivity index (χ3n) is 2.58. The number of primary amides is 1. The molecule has 110 valence electrons. The van der Waals surface area contributed by atoms with Gasteiger partial charge in [0, 0.05) is 6.42 Å². The van der Waals surface area contributed by atoms with Crippen molar-refractivity contribution in [2.45, 2.75) is 19.4 Å². The number of hydrogen-bond donors (Lipinski definition) is 2. The van der Waals surface area contributed by atoms with E-state index in [9.17, 15) is 19.3 Å². The first-order chi connectivity index (χ1) is 9.45. The molecule has 1 amide bonds. The Kier molecular flexibility index (Phi) is 5.85. The minimum Gasteiger partial charge on any atom is -0.487 e. The molecule has 20 heavy (non-hydrogen) atoms. The molecule has 0 saturated heterocycles. The number of nitro groups is 1. The van der Waals surface area contributed by atoms with E-state index in [0.29, 0.717) is 6.54 Å². The van der Waals surface area contributed by atoms with Gasteiger partial charge < -0.3 is 15.8 Å². The Balaban J connectivity index is 2.66. The second kappa shape index (κ2) is 7.39. The van der Waals surface area contributed by atoms with Gasteiger partial charge in [-0.15, -0.1) is 0 Å². The van der Waals surface area contributed by atoms with Crippen molar-refractivity contribution in [1.29, 1.82) is 0 Å². The van der Waals surface area contributed by atoms with Gasteiger partial charge in [0.05, 0.1) is 23.6 Å². The van der Waals surface area contributed by atoms with Crippen LogP contribution >= 0.6 is 0 Å². The van der Waals surface area contributed by atoms with Gasteiger partial charge in [-0.3, -0.25) is 14.9 Å². The van der Waals surface area contributed by atoms with Gasteiger partial charge >= 0.3 is 5.69 Å². The van der Waals surface area contributed by atoms with Crippen LogP contribution in [0.25, 0.3) is 0 Å². The first kappa shape index (κ1) is 15.8. The molecule has 1 aromatic rings. The summed E-state index contributed by atoms with van der Waals surface area (Å²) in [4.78, 5) is 21.1. The van der Waals surface area contributed by atoms with Crippen molar-refractivity contribution < 1.29 is 18.8 Å². The lowest BCUT2D eigenvalue weighted by Gasteiger charge is -2.14. The van der Waals surface area contributed by atoms with Crippen LogP contribution < -0.4 is 15.8 Å². The summed E-state index contributed by atoms with van der Waals surface area (Å²) < 4.78 is 18.2. The van der Waals surface area contributed by atoms with Gasteiger partial charge in [-0.05, 0) is 18.7 Å². The first-order valence-electron chi connectivity index (χ1n) is 6.05. The highest BCUT2D eigenvalue weighted by Crippen LogP contribution is 2.27. The number of hydrogen-bond acceptors (Lipinski definition) is 5. The largest absolute Gasteiger partial charge is 0.487 e. The van der Waals surface area contributed by atoms with Gasteiger partial charge in [-0.1, -0.05) is 6.92 Å². The highest BCUT2D eigenvalue weighted by Gasteiger charge is 2.18. The number of carbonyl (C=O) groups excluding carboxylic acids is 1. The standard InChI is InChI=1S/C12H16FN3O4/c1-2-15-9(12(14)17)5-6-20-11-4-3-8(13)7-10(11)16(18)19/h3-4,7,9,15H,2,5-6H2,1H3,(H2,14,17). The van der Waals surface area contributed by atoms with Crippen molar-refractivity contribution in [2.75, 3.05) is 13.2 Å². The minimum absolute atomic E-state index is 0.0453. The number of nitro benzene ring substituents is 1. The van der Waals surface area contributed by atoms with Gasteiger partial charge in [0.1, 0.15) is 5.82 Å². The summed E-state index contributed by atoms with van der Waals surface area (Å²) in [6.45, 7) is 2.43. The zero-order valence-corrected chi connectivity index (χ0v) is 11.0. The molecule has 0 aliphatic rings. The van der Waals surface area contributed by atoms with E-state index in [4.69, 9.17) is 10.5 Å². The predicted molar refractivity (Wildman–Crippen MR) is 69.8 cm³/mol. The Bertz CT molecular complexity index is 496. The van der Waals surface area contributed by atoms with E-state index < -0.39 is 28.4 Å². The number of likely N-dealkylation sites (N-methyl/N-ethyl adjacent to an activating group) is 1. The van der Waals surface area contributed by atoms with E-state index in [0.717, 1.165) is 12.1 Å². The van der Waals surface area contributed by atoms with E-state index in [2.05, 4.69) is 5.32 Å². The van der Waals surface area contributed by atoms with Gasteiger partial charge in [0.2, 0.25) is 5.91 Å². The molecule has 0 spiro atoms. The molecule has 0 bridgehead atoms. The maximum Gasteiger partial charge on any atom is 0.313 e. The summed E-state index contributed by atoms with van der Waals surface area (Å²) in [5.74, 6) is -1.29. The number of halogens is 1. The maximum atomic E-state index is 12.9. The van der Waals surface area contributed by atoms with E-state index in [-0.39, 0.29) is 18.8 Å². The van der Waals surface area contributed by atoms with Crippen LogP contribution in [0.15, 0.2) is 18.2 Å². The quantitative estimate of drug-likeness (QED) is 0.546. The molecular weight excluding hydrogens is 269 g/mol. The molecule has 0 radical (unpaired) electrons. The zero-order valence-electron chi connectivity index (χ0n) is 11.0. The van der Waals surface area contributed by atoms with Crippen molar-refractivity contribution in [3.8, 4) is 5.75 Å². The van der Waals surface area contributed by atoms with E-state index in [1.807, 2.05) is 6.92 Å². The molecule has 0 heterocycles. The molecular formula is C12H16FN3O4. The zero-order chi connectivity index (χ0) is 15.1. The molecule has 0 aromatic heterocycles. The molecule has 7 nitrogen and oxygen atoms in total. The van der Waals surface area contributed by atoms with Crippen LogP contribution in [0, 0.1) is 15.9 Å². The number of benzene rings is 1. The SMILES string of the molecule is CCNC(CCOc1ccc(F)cc1[N+](=O)[O-])C(N)=O. The molecule has 1 unspecified atom stereocenters. The smallest absolute Gasteiger partial charge is 0.313 e. The normalized spacial score (nSPS) is 11.9. The molecule has 1 rings (SSSR count). The Morgan fingerprint density at radius 1 is 1.60 bits per heavy atom. The summed E-state index contributed by atoms with van der Waals surface area (Å²) in [5.41, 5.74) is 4.73. The maximum absolute atomic E-state index is 12.9. The molecule has 8 heteroatoms. The summed E-state index contributed by atoms with van der Waals surface area (Å²) in [7, 11) is 0. The van der Waals surface area contributed by atoms with Crippen molar-refractivity contribution in [2.24, 2.45) is 5.73 Å². The van der Waals surface area contributed by atoms with Crippen LogP contribution in [0.5, 0.6) is 5.75 Å². The molecule has 0 saturated carbocycles. The van der Waals surface area contributed by atoms with Gasteiger partial charge in [0.15, 0.2) is 5.75 Å². The van der Waals surface area contributed by atoms with Crippen LogP contribution in [0.4, 0.5) is 10.1 Å². The van der Waals surface area contributed by atoms with E-state index in [1.54, 1.807) is 0 Å². The van der Waals surface area contributed by atoms with Crippen molar-refractivity contribution in [3.05, 3.63) is 34.1 Å². The lowest BCUT2D eigenvalue weighted by molar-refractivity contribution is -0.386. The third-order valence-corrected chi connectivity index (χ3v) is 2.58. The number of ether oxygens (including phenoxy) is 1. The predicted octanol–water partition coefficient (Wildman–Crippen LogP) is 0.966. The van der Waals surface area contributed by atoms with Crippen LogP contribution in [-0.2, 0) is 4.79 Å². The number of nitrogens with one attached hydrogen (secondary N) is 1. The fraction of sp³-hybridized carbons (Fsp3) is 0.417. The van der Waals surface area contributed by atoms with Gasteiger partial charge in [-0.25, -0.2) is 4.39 Å². The molecule has 1 aromatic carbocycles. The first-order valence-corrected chi connectivity index (χ1v) is 6.05. The number of carbonyl (C=O) groups is 1. The van der Waals surface area contributed by atoms with Crippen LogP contribution in [0.1, 0.15) is 13.3 Å². The summed E-state index contributed by atoms with van der Waals surface area (Å²) in [6, 6.07) is 2.46. The molecule has 0 fully saturated rings. The number of rotatable bonds is 8. The highest BCUT2D eigenvalue weighted by atomic mass is 19.1. The fourth-order valence-electron chi connectivity index (χ4n) is 1.63. The Morgan fingerprint density at radius 2 is 2.30 bits per heavy atom. The Labute approximate surface area is 115 Å². The minimum atomic E-state index is -0.728. The third kappa shape index (κ3) is 4.47. The number of amides is 1. The highest BCUT2D eigenvalue weighted by molar-refractivity contribution is 5.79. The molecule has 0 aliphatic heterocycles. The average molecular weight is 285 g/mol. The van der Waals surface area contributed by atoms with Crippen molar-refractivity contribution in [3.63, 3.8) is 0 Å². The van der Waals surface area contributed by atoms with Crippen molar-refractivity contribution >= 4 is 11.6 Å². The van der Waals surface area contributed by atoms with Crippen molar-refractivity contribution in [1.82, 2.24) is 5.32 Å². The lowest BCUT2D eigenvalue weighted by atomic mass is 10.2. The molecule has 0 aliphatic carbocycles. The number of nitrogens with zero attached hydrogens (tertiary/aromatic N) is 1. The fourth-order valence-corrected chi connectivity index (χ4v) is 1.63. The second-order valence-corrected chi connectivity index (χ2v) is 4.02. The topological polar surface area (TPSA) is 107 Å². The summed E-state index contributed by atoms with van der Waals surface area (Å²) >= 11 is 0. The lowest BCUT2D eigenvalue weighted by Crippen LogP contribution is -2.42. The average Bonchev–Trinajstić information content (AvgIpc) is 2.38. The molecule has 3 N–H and O–H groups in total. The second-order valence-electron chi connectivity index (χ2n) is 4.02. The van der Waals surface area contributed by atoms with Crippen LogP contribution in [-0.4, -0.2) is 30.0 Å². The van der Waals surface area contributed by atoms with Crippen LogP contribution in [0.3, 0.4) is 0 Å². The van der Waals surface area contributed by atoms with Gasteiger partial charge in [0.25, 0.3) is 0 Å². The Hall–Kier alpha value is -2.22. The van der Waals surface area contributed by atoms with Gasteiger partial charge in [-0.2, -0.15) is 0 Å². The summed E-state index contributed by atoms with van der Waals surface area (Å²) in [6.07, 6.45) is 0.262. The van der Waals surface area contributed by atoms with E-state index in [1.165, 1.54) is 6.07 Å². The number of nitrogens with two attached hydrogens (primary N) is 1. The summed E-state index contributed by atoms with van der Waals surface area (Å²) in [5, 5.41) is 13.6. The monoisotopic (exact) mass is 285 g/mol. The van der Waals surface area contributed by atoms with E-state index >= 15 is 0 Å². The molecule has 1 atom stereocenters. The van der Waals surface area contributed by atoms with Crippen LogP contribution in [0.2, 0.25) is 0 Å².